The van der Waals surface area contributed by atoms with E-state index in [1.807, 2.05) is 13.8 Å². The van der Waals surface area contributed by atoms with Crippen LogP contribution in [0.25, 0.3) is 0 Å². The van der Waals surface area contributed by atoms with Crippen LogP contribution >= 0.6 is 12.4 Å². The predicted octanol–water partition coefficient (Wildman–Crippen LogP) is 1.24. The average molecular weight is 278 g/mol. The lowest BCUT2D eigenvalue weighted by Gasteiger charge is -2.22. The molecule has 0 spiro atoms. The molecule has 108 valence electrons. The number of amides is 1. The van der Waals surface area contributed by atoms with E-state index in [1.165, 1.54) is 25.9 Å². The molecule has 0 bridgehead atoms. The molecule has 0 aromatic rings. The van der Waals surface area contributed by atoms with E-state index in [0.717, 1.165) is 13.1 Å². The highest BCUT2D eigenvalue weighted by Gasteiger charge is 2.19. The highest BCUT2D eigenvalue weighted by atomic mass is 35.5. The first kappa shape index (κ1) is 17.7. The van der Waals surface area contributed by atoms with E-state index < -0.39 is 0 Å². The molecule has 4 nitrogen and oxygen atoms in total. The van der Waals surface area contributed by atoms with Crippen LogP contribution in [0, 0.1) is 11.8 Å². The summed E-state index contributed by atoms with van der Waals surface area (Å²) in [6.45, 7) is 10.4. The van der Waals surface area contributed by atoms with Crippen molar-refractivity contribution in [2.24, 2.45) is 17.6 Å². The van der Waals surface area contributed by atoms with Gasteiger partial charge in [-0.3, -0.25) is 4.79 Å². The Morgan fingerprint density at radius 3 is 2.33 bits per heavy atom. The van der Waals surface area contributed by atoms with Gasteiger partial charge in [0, 0.05) is 13.1 Å². The fourth-order valence-electron chi connectivity index (χ4n) is 2.17. The van der Waals surface area contributed by atoms with Crippen LogP contribution < -0.4 is 11.1 Å². The smallest absolute Gasteiger partial charge is 0.237 e. The molecule has 0 aromatic heterocycles. The number of nitrogens with zero attached hydrogens (tertiary/aromatic N) is 1. The third kappa shape index (κ3) is 6.03. The molecule has 1 unspecified atom stereocenters. The third-order valence-electron chi connectivity index (χ3n) is 3.41. The molecule has 1 saturated heterocycles. The SMILES string of the molecule is CC(CNC(=O)[C@@H](N)C(C)C)CN1CCCC1.Cl. The second-order valence-electron chi connectivity index (χ2n) is 5.63. The third-order valence-corrected chi connectivity index (χ3v) is 3.41. The van der Waals surface area contributed by atoms with Gasteiger partial charge in [0.05, 0.1) is 6.04 Å². The highest BCUT2D eigenvalue weighted by Crippen LogP contribution is 2.09. The van der Waals surface area contributed by atoms with Crippen LogP contribution in [-0.4, -0.2) is 43.0 Å². The maximum atomic E-state index is 11.7. The van der Waals surface area contributed by atoms with Gasteiger partial charge in [0.25, 0.3) is 0 Å². The maximum absolute atomic E-state index is 11.7. The molecule has 1 fully saturated rings. The van der Waals surface area contributed by atoms with Gasteiger partial charge in [0.1, 0.15) is 0 Å². The van der Waals surface area contributed by atoms with Crippen molar-refractivity contribution in [3.05, 3.63) is 0 Å². The van der Waals surface area contributed by atoms with Crippen LogP contribution in [0.1, 0.15) is 33.6 Å². The van der Waals surface area contributed by atoms with Crippen molar-refractivity contribution < 1.29 is 4.79 Å². The zero-order valence-corrected chi connectivity index (χ0v) is 12.6. The van der Waals surface area contributed by atoms with Crippen molar-refractivity contribution >= 4 is 18.3 Å². The first-order valence-electron chi connectivity index (χ1n) is 6.76. The van der Waals surface area contributed by atoms with Crippen molar-refractivity contribution in [1.82, 2.24) is 10.2 Å². The summed E-state index contributed by atoms with van der Waals surface area (Å²) < 4.78 is 0. The van der Waals surface area contributed by atoms with E-state index in [9.17, 15) is 4.79 Å². The molecule has 1 heterocycles. The second-order valence-corrected chi connectivity index (χ2v) is 5.63. The number of nitrogens with one attached hydrogen (secondary N) is 1. The van der Waals surface area contributed by atoms with Crippen molar-refractivity contribution in [3.63, 3.8) is 0 Å². The van der Waals surface area contributed by atoms with Crippen LogP contribution in [0.15, 0.2) is 0 Å². The van der Waals surface area contributed by atoms with Gasteiger partial charge < -0.3 is 16.0 Å². The number of nitrogens with two attached hydrogens (primary N) is 1. The summed E-state index contributed by atoms with van der Waals surface area (Å²) >= 11 is 0. The van der Waals surface area contributed by atoms with Gasteiger partial charge in [-0.05, 0) is 37.8 Å². The molecular weight excluding hydrogens is 250 g/mol. The van der Waals surface area contributed by atoms with E-state index in [-0.39, 0.29) is 30.3 Å². The molecule has 18 heavy (non-hydrogen) atoms. The van der Waals surface area contributed by atoms with Gasteiger partial charge in [0.2, 0.25) is 5.91 Å². The Morgan fingerprint density at radius 1 is 1.28 bits per heavy atom. The minimum Gasteiger partial charge on any atom is -0.354 e. The molecule has 0 radical (unpaired) electrons. The number of rotatable bonds is 6. The molecule has 1 rings (SSSR count). The molecule has 0 saturated carbocycles. The Kier molecular flexibility index (Phi) is 8.57. The standard InChI is InChI=1S/C13H27N3O.ClH/c1-10(2)12(14)13(17)15-8-11(3)9-16-6-4-5-7-16;/h10-12H,4-9,14H2,1-3H3,(H,15,17);1H/t11?,12-;/m0./s1. The molecule has 1 amide bonds. The largest absolute Gasteiger partial charge is 0.354 e. The summed E-state index contributed by atoms with van der Waals surface area (Å²) in [6, 6.07) is -0.381. The quantitative estimate of drug-likeness (QED) is 0.768. The van der Waals surface area contributed by atoms with E-state index in [2.05, 4.69) is 17.1 Å². The van der Waals surface area contributed by atoms with Gasteiger partial charge in [-0.1, -0.05) is 20.8 Å². The maximum Gasteiger partial charge on any atom is 0.237 e. The van der Waals surface area contributed by atoms with Crippen molar-refractivity contribution in [2.75, 3.05) is 26.2 Å². The van der Waals surface area contributed by atoms with Gasteiger partial charge >= 0.3 is 0 Å². The Morgan fingerprint density at radius 2 is 1.83 bits per heavy atom. The van der Waals surface area contributed by atoms with E-state index >= 15 is 0 Å². The van der Waals surface area contributed by atoms with Crippen molar-refractivity contribution in [3.8, 4) is 0 Å². The Balaban J connectivity index is 0.00000289. The van der Waals surface area contributed by atoms with E-state index in [4.69, 9.17) is 5.73 Å². The van der Waals surface area contributed by atoms with Crippen LogP contribution in [0.3, 0.4) is 0 Å². The molecule has 5 heteroatoms. The average Bonchev–Trinajstić information content (AvgIpc) is 2.77. The number of likely N-dealkylation sites (tertiary alicyclic amines) is 1. The lowest BCUT2D eigenvalue weighted by atomic mass is 10.0. The Hall–Kier alpha value is -0.320. The monoisotopic (exact) mass is 277 g/mol. The van der Waals surface area contributed by atoms with Crippen LogP contribution in [0.4, 0.5) is 0 Å². The molecular formula is C13H28ClN3O. The number of hydrogen-bond donors (Lipinski definition) is 2. The van der Waals surface area contributed by atoms with Gasteiger partial charge in [0.15, 0.2) is 0 Å². The second kappa shape index (κ2) is 8.73. The molecule has 0 aromatic carbocycles. The lowest BCUT2D eigenvalue weighted by molar-refractivity contribution is -0.123. The van der Waals surface area contributed by atoms with E-state index in [1.54, 1.807) is 0 Å². The fraction of sp³-hybridized carbons (Fsp3) is 0.923. The summed E-state index contributed by atoms with van der Waals surface area (Å²) in [5, 5.41) is 2.95. The minimum absolute atomic E-state index is 0. The zero-order chi connectivity index (χ0) is 12.8. The molecule has 1 aliphatic rings. The Bertz CT molecular complexity index is 242. The summed E-state index contributed by atoms with van der Waals surface area (Å²) in [6.07, 6.45) is 2.63. The van der Waals surface area contributed by atoms with Crippen molar-refractivity contribution in [1.29, 1.82) is 0 Å². The number of hydrogen-bond acceptors (Lipinski definition) is 3. The lowest BCUT2D eigenvalue weighted by Crippen LogP contribution is -2.46. The van der Waals surface area contributed by atoms with Crippen LogP contribution in [0.2, 0.25) is 0 Å². The summed E-state index contributed by atoms with van der Waals surface area (Å²) in [4.78, 5) is 14.1. The summed E-state index contributed by atoms with van der Waals surface area (Å²) in [7, 11) is 0. The number of carbonyl (C=O) groups excluding carboxylic acids is 1. The van der Waals surface area contributed by atoms with Crippen LogP contribution in [0.5, 0.6) is 0 Å². The van der Waals surface area contributed by atoms with Crippen LogP contribution in [-0.2, 0) is 4.79 Å². The first-order chi connectivity index (χ1) is 8.00. The number of carbonyl (C=O) groups is 1. The normalized spacial score (nSPS) is 19.4. The molecule has 2 atom stereocenters. The molecule has 1 aliphatic heterocycles. The van der Waals surface area contributed by atoms with Gasteiger partial charge in [-0.25, -0.2) is 0 Å². The van der Waals surface area contributed by atoms with Crippen molar-refractivity contribution in [2.45, 2.75) is 39.7 Å². The fourth-order valence-corrected chi connectivity index (χ4v) is 2.17. The number of halogens is 1. The van der Waals surface area contributed by atoms with Gasteiger partial charge in [-0.2, -0.15) is 0 Å². The Labute approximate surface area is 117 Å². The molecule has 3 N–H and O–H groups in total. The van der Waals surface area contributed by atoms with Gasteiger partial charge in [-0.15, -0.1) is 12.4 Å². The predicted molar refractivity (Wildman–Crippen MR) is 77.9 cm³/mol. The zero-order valence-electron chi connectivity index (χ0n) is 11.8. The topological polar surface area (TPSA) is 58.4 Å². The molecule has 0 aliphatic carbocycles. The summed E-state index contributed by atoms with van der Waals surface area (Å²) in [5.41, 5.74) is 5.79. The summed E-state index contributed by atoms with van der Waals surface area (Å²) in [5.74, 6) is 0.675. The van der Waals surface area contributed by atoms with E-state index in [0.29, 0.717) is 5.92 Å². The minimum atomic E-state index is -0.381. The highest BCUT2D eigenvalue weighted by molar-refractivity contribution is 5.85. The first-order valence-corrected chi connectivity index (χ1v) is 6.76.